The number of fused-ring (bicyclic) bond motifs is 3. The van der Waals surface area contributed by atoms with Crippen LogP contribution in [0, 0.1) is 13.8 Å². The van der Waals surface area contributed by atoms with E-state index < -0.39 is 6.85 Å². The summed E-state index contributed by atoms with van der Waals surface area (Å²) in [7, 11) is 1.94. The minimum atomic E-state index is -2.29. The van der Waals surface area contributed by atoms with Gasteiger partial charge in [-0.3, -0.25) is 0 Å². The first-order valence-electron chi connectivity index (χ1n) is 15.5. The highest BCUT2D eigenvalue weighted by atomic mass is 16.3. The summed E-state index contributed by atoms with van der Waals surface area (Å²) in [6.45, 7) is 17.6. The number of rotatable bonds is 3. The number of aryl methyl sites for hydroxylation is 3. The summed E-state index contributed by atoms with van der Waals surface area (Å²) in [5.41, 5.74) is 10.2. The average Bonchev–Trinajstić information content (AvgIpc) is 3.25. The third-order valence-corrected chi connectivity index (χ3v) is 8.02. The van der Waals surface area contributed by atoms with Gasteiger partial charge in [-0.2, -0.15) is 0 Å². The minimum Gasteiger partial charge on any atom is -0.455 e. The zero-order valence-electron chi connectivity index (χ0n) is 28.2. The Morgan fingerprint density at radius 1 is 0.821 bits per heavy atom. The SMILES string of the molecule is [2H]C([2H])([2H])c1c[n+](C)c(-c2c(C)ccc3c2oc2ccccc23)cc1-c1c(C(C)C)cc(C(C)(C)C)cc1C(C)(C)C. The van der Waals surface area contributed by atoms with Crippen molar-refractivity contribution in [1.29, 1.82) is 0 Å². The highest BCUT2D eigenvalue weighted by Gasteiger charge is 2.29. The fraction of sp³-hybridized carbons (Fsp3) is 0.378. The molecule has 0 aliphatic carbocycles. The molecule has 2 aromatic heterocycles. The van der Waals surface area contributed by atoms with E-state index in [9.17, 15) is 0 Å². The fourth-order valence-corrected chi connectivity index (χ4v) is 5.76. The van der Waals surface area contributed by atoms with Crippen LogP contribution in [0.1, 0.15) is 93.2 Å². The first kappa shape index (κ1) is 23.5. The van der Waals surface area contributed by atoms with Gasteiger partial charge < -0.3 is 4.42 Å². The van der Waals surface area contributed by atoms with Crippen LogP contribution in [0.2, 0.25) is 0 Å². The Labute approximate surface area is 238 Å². The number of nitrogens with zero attached hydrogens (tertiary/aromatic N) is 1. The third kappa shape index (κ3) is 4.69. The largest absolute Gasteiger partial charge is 0.455 e. The molecule has 0 atom stereocenters. The Bertz CT molecular complexity index is 1830. The first-order valence-corrected chi connectivity index (χ1v) is 14.0. The van der Waals surface area contributed by atoms with Gasteiger partial charge in [-0.15, -0.1) is 0 Å². The Hall–Kier alpha value is -3.39. The first-order chi connectivity index (χ1) is 19.4. The van der Waals surface area contributed by atoms with Crippen LogP contribution in [0.25, 0.3) is 44.3 Å². The standard InChI is InChI=1S/C37H44NO/c1-22(2)28-18-25(36(5,6)7)19-30(37(8,9)10)34(28)29-20-31(38(11)21-24(29)4)33-23(3)16-17-27-26-14-12-13-15-32(26)39-35(27)33/h12-22H,1-11H3/q+1/i4D3. The lowest BCUT2D eigenvalue weighted by Crippen LogP contribution is -2.31. The van der Waals surface area contributed by atoms with Crippen molar-refractivity contribution in [2.24, 2.45) is 7.05 Å². The molecule has 0 saturated carbocycles. The maximum absolute atomic E-state index is 8.63. The van der Waals surface area contributed by atoms with E-state index in [1.807, 2.05) is 36.0 Å². The molecule has 0 unspecified atom stereocenters. The predicted octanol–water partition coefficient (Wildman–Crippen LogP) is 10.1. The lowest BCUT2D eigenvalue weighted by molar-refractivity contribution is -0.660. The second-order valence-electron chi connectivity index (χ2n) is 13.5. The lowest BCUT2D eigenvalue weighted by Gasteiger charge is -2.31. The van der Waals surface area contributed by atoms with Gasteiger partial charge in [0.2, 0.25) is 5.69 Å². The molecule has 2 heteroatoms. The molecule has 0 amide bonds. The van der Waals surface area contributed by atoms with Crippen molar-refractivity contribution in [2.45, 2.75) is 85.9 Å². The van der Waals surface area contributed by atoms with Crippen molar-refractivity contribution in [2.75, 3.05) is 0 Å². The molecule has 3 aromatic carbocycles. The molecule has 0 saturated heterocycles. The van der Waals surface area contributed by atoms with E-state index in [1.54, 1.807) is 0 Å². The summed E-state index contributed by atoms with van der Waals surface area (Å²) in [6, 6.07) is 19.1. The second-order valence-corrected chi connectivity index (χ2v) is 13.5. The molecule has 0 bridgehead atoms. The predicted molar refractivity (Wildman–Crippen MR) is 167 cm³/mol. The van der Waals surface area contributed by atoms with E-state index >= 15 is 0 Å². The van der Waals surface area contributed by atoms with Crippen LogP contribution in [0.3, 0.4) is 0 Å². The molecule has 2 nitrogen and oxygen atoms in total. The summed E-state index contributed by atoms with van der Waals surface area (Å²) in [6.07, 6.45) is 1.81. The van der Waals surface area contributed by atoms with Crippen LogP contribution >= 0.6 is 0 Å². The van der Waals surface area contributed by atoms with Gasteiger partial charge in [0.1, 0.15) is 18.2 Å². The Balaban J connectivity index is 1.95. The van der Waals surface area contributed by atoms with E-state index in [-0.39, 0.29) is 16.7 Å². The highest BCUT2D eigenvalue weighted by molar-refractivity contribution is 6.09. The molecule has 0 radical (unpaired) electrons. The number of furan rings is 1. The van der Waals surface area contributed by atoms with Crippen LogP contribution in [-0.4, -0.2) is 0 Å². The Morgan fingerprint density at radius 3 is 2.18 bits per heavy atom. The molecule has 0 aliphatic rings. The smallest absolute Gasteiger partial charge is 0.216 e. The maximum Gasteiger partial charge on any atom is 0.216 e. The lowest BCUT2D eigenvalue weighted by atomic mass is 9.73. The van der Waals surface area contributed by atoms with E-state index in [1.165, 1.54) is 16.7 Å². The molecule has 2 heterocycles. The fourth-order valence-electron chi connectivity index (χ4n) is 5.76. The normalized spacial score (nSPS) is 14.2. The van der Waals surface area contributed by atoms with E-state index in [2.05, 4.69) is 98.7 Å². The molecule has 0 spiro atoms. The molecule has 0 fully saturated rings. The van der Waals surface area contributed by atoms with Crippen LogP contribution in [-0.2, 0) is 17.9 Å². The zero-order valence-corrected chi connectivity index (χ0v) is 25.2. The molecular formula is C37H44NO+. The van der Waals surface area contributed by atoms with Crippen molar-refractivity contribution in [3.63, 3.8) is 0 Å². The Morgan fingerprint density at radius 2 is 1.54 bits per heavy atom. The van der Waals surface area contributed by atoms with Crippen molar-refractivity contribution in [3.8, 4) is 22.4 Å². The number of aromatic nitrogens is 1. The monoisotopic (exact) mass is 521 g/mol. The minimum absolute atomic E-state index is 0.0443. The van der Waals surface area contributed by atoms with Gasteiger partial charge in [0.15, 0.2) is 6.20 Å². The van der Waals surface area contributed by atoms with Gasteiger partial charge in [-0.25, -0.2) is 4.57 Å². The molecule has 39 heavy (non-hydrogen) atoms. The van der Waals surface area contributed by atoms with Gasteiger partial charge in [0.25, 0.3) is 0 Å². The summed E-state index contributed by atoms with van der Waals surface area (Å²) in [5, 5.41) is 2.13. The highest BCUT2D eigenvalue weighted by Crippen LogP contribution is 2.44. The van der Waals surface area contributed by atoms with Crippen LogP contribution in [0.15, 0.2) is 65.2 Å². The van der Waals surface area contributed by atoms with Crippen LogP contribution < -0.4 is 4.57 Å². The number of hydrogen-bond donors (Lipinski definition) is 0. The second kappa shape index (κ2) is 9.37. The van der Waals surface area contributed by atoms with Crippen LogP contribution in [0.4, 0.5) is 0 Å². The van der Waals surface area contributed by atoms with Crippen LogP contribution in [0.5, 0.6) is 0 Å². The van der Waals surface area contributed by atoms with Crippen molar-refractivity contribution < 1.29 is 13.1 Å². The number of pyridine rings is 1. The van der Waals surface area contributed by atoms with Crippen molar-refractivity contribution in [3.05, 3.63) is 88.6 Å². The van der Waals surface area contributed by atoms with Crippen molar-refractivity contribution >= 4 is 21.9 Å². The maximum atomic E-state index is 8.63. The van der Waals surface area contributed by atoms with E-state index in [0.29, 0.717) is 5.56 Å². The molecule has 5 aromatic rings. The molecular weight excluding hydrogens is 474 g/mol. The summed E-state index contributed by atoms with van der Waals surface area (Å²) >= 11 is 0. The number of hydrogen-bond acceptors (Lipinski definition) is 1. The van der Waals surface area contributed by atoms with Gasteiger partial charge in [-0.1, -0.05) is 97.9 Å². The average molecular weight is 522 g/mol. The quantitative estimate of drug-likeness (QED) is 0.216. The topological polar surface area (TPSA) is 17.0 Å². The molecule has 202 valence electrons. The molecule has 0 N–H and O–H groups in total. The number of para-hydroxylation sites is 1. The van der Waals surface area contributed by atoms with Gasteiger partial charge in [0, 0.05) is 26.5 Å². The summed E-state index contributed by atoms with van der Waals surface area (Å²) < 4.78 is 34.3. The summed E-state index contributed by atoms with van der Waals surface area (Å²) in [5.74, 6) is 0.200. The third-order valence-electron chi connectivity index (χ3n) is 8.02. The summed E-state index contributed by atoms with van der Waals surface area (Å²) in [4.78, 5) is 0. The van der Waals surface area contributed by atoms with Gasteiger partial charge >= 0.3 is 0 Å². The van der Waals surface area contributed by atoms with Gasteiger partial charge in [0.05, 0.1) is 5.56 Å². The van der Waals surface area contributed by atoms with Gasteiger partial charge in [-0.05, 0) is 70.0 Å². The van der Waals surface area contributed by atoms with Crippen molar-refractivity contribution in [1.82, 2.24) is 0 Å². The zero-order chi connectivity index (χ0) is 30.9. The molecule has 5 rings (SSSR count). The van der Waals surface area contributed by atoms with E-state index in [0.717, 1.165) is 49.9 Å². The number of benzene rings is 3. The van der Waals surface area contributed by atoms with E-state index in [4.69, 9.17) is 8.53 Å². The molecule has 0 aliphatic heterocycles. The Kier molecular flexibility index (Phi) is 5.64.